The summed E-state index contributed by atoms with van der Waals surface area (Å²) >= 11 is 0. The molecule has 0 aromatic heterocycles. The van der Waals surface area contributed by atoms with Gasteiger partial charge in [-0.25, -0.2) is 0 Å². The molecule has 0 unspecified atom stereocenters. The Morgan fingerprint density at radius 3 is 0.600 bits per heavy atom. The molecule has 0 N–H and O–H groups in total. The third-order valence-electron chi connectivity index (χ3n) is 0. The fourth-order valence-corrected chi connectivity index (χ4v) is 0. The van der Waals surface area contributed by atoms with E-state index in [1.54, 1.807) is 0 Å². The van der Waals surface area contributed by atoms with Gasteiger partial charge in [0.05, 0.1) is 8.41 Å². The Kier molecular flexibility index (Phi) is 655. The van der Waals surface area contributed by atoms with Gasteiger partial charge >= 0.3 is 23.1 Å². The zero-order valence-electron chi connectivity index (χ0n) is 1.22. The SMILES string of the molecule is B.Cl.Cl.Cl.[MgH2]. The van der Waals surface area contributed by atoms with Gasteiger partial charge in [-0.05, 0) is 0 Å². The third kappa shape index (κ3) is 27.0. The van der Waals surface area contributed by atoms with Crippen LogP contribution in [0, 0.1) is 0 Å². The van der Waals surface area contributed by atoms with E-state index in [2.05, 4.69) is 0 Å². The minimum absolute atomic E-state index is 0. The van der Waals surface area contributed by atoms with Gasteiger partial charge in [0, 0.05) is 0 Å². The Morgan fingerprint density at radius 2 is 0.600 bits per heavy atom. The zero-order valence-corrected chi connectivity index (χ0v) is 3.67. The van der Waals surface area contributed by atoms with Gasteiger partial charge in [-0.3, -0.25) is 0 Å². The molecule has 34 valence electrons. The van der Waals surface area contributed by atoms with Crippen molar-refractivity contribution in [3.05, 3.63) is 0 Å². The van der Waals surface area contributed by atoms with E-state index >= 15 is 0 Å². The lowest BCUT2D eigenvalue weighted by atomic mass is 10.8. The van der Waals surface area contributed by atoms with Crippen molar-refractivity contribution in [3.63, 3.8) is 0 Å². The van der Waals surface area contributed by atoms with E-state index in [0.717, 1.165) is 0 Å². The van der Waals surface area contributed by atoms with Crippen molar-refractivity contribution in [1.29, 1.82) is 0 Å². The normalized spacial score (nSPS) is 0. The largest absolute Gasteiger partial charge is 0.316 e. The Balaban J connectivity index is 0. The van der Waals surface area contributed by atoms with Crippen LogP contribution in [-0.4, -0.2) is 31.5 Å². The summed E-state index contributed by atoms with van der Waals surface area (Å²) in [5.41, 5.74) is 0. The van der Waals surface area contributed by atoms with Crippen LogP contribution in [0.2, 0.25) is 0 Å². The van der Waals surface area contributed by atoms with Crippen LogP contribution in [0.1, 0.15) is 0 Å². The van der Waals surface area contributed by atoms with E-state index in [-0.39, 0.29) is 68.7 Å². The molecule has 5 heteroatoms. The van der Waals surface area contributed by atoms with E-state index < -0.39 is 0 Å². The molecule has 0 saturated heterocycles. The lowest BCUT2D eigenvalue weighted by molar-refractivity contribution is 5.75. The molecular weight excluding hydrogens is 141 g/mol. The van der Waals surface area contributed by atoms with Gasteiger partial charge in [0.15, 0.2) is 0 Å². The first kappa shape index (κ1) is 75.3. The van der Waals surface area contributed by atoms with Crippen molar-refractivity contribution in [2.24, 2.45) is 0 Å². The summed E-state index contributed by atoms with van der Waals surface area (Å²) < 4.78 is 0. The number of rotatable bonds is 0. The highest BCUT2D eigenvalue weighted by atomic mass is 35.5. The third-order valence-corrected chi connectivity index (χ3v) is 0. The second-order valence-electron chi connectivity index (χ2n) is 0. The lowest BCUT2D eigenvalue weighted by Crippen LogP contribution is -0.382. The first-order valence-corrected chi connectivity index (χ1v) is 0. The summed E-state index contributed by atoms with van der Waals surface area (Å²) in [6.07, 6.45) is 0. The smallest absolute Gasteiger partial charge is 0.147 e. The van der Waals surface area contributed by atoms with Crippen molar-refractivity contribution in [3.8, 4) is 0 Å². The van der Waals surface area contributed by atoms with Crippen LogP contribution in [-0.2, 0) is 0 Å². The molecule has 5 heavy (non-hydrogen) atoms. The predicted octanol–water partition coefficient (Wildman–Crippen LogP) is -0.835. The van der Waals surface area contributed by atoms with Gasteiger partial charge in [-0.15, -0.1) is 37.2 Å². The predicted molar refractivity (Wildman–Crippen MR) is 40.2 cm³/mol. The van der Waals surface area contributed by atoms with Crippen LogP contribution in [0.25, 0.3) is 0 Å². The minimum atomic E-state index is 0. The molecule has 0 atom stereocenters. The standard InChI is InChI=1S/BH3.3ClH.Mg.2H/h1H3;3*1H;;;. The van der Waals surface area contributed by atoms with Crippen molar-refractivity contribution in [1.82, 2.24) is 0 Å². The van der Waals surface area contributed by atoms with Crippen molar-refractivity contribution < 1.29 is 0 Å². The van der Waals surface area contributed by atoms with Crippen LogP contribution in [0.4, 0.5) is 0 Å². The number of hydrogen-bond acceptors (Lipinski definition) is 0. The van der Waals surface area contributed by atoms with Gasteiger partial charge < -0.3 is 0 Å². The van der Waals surface area contributed by atoms with E-state index in [1.807, 2.05) is 0 Å². The van der Waals surface area contributed by atoms with Gasteiger partial charge in [-0.1, -0.05) is 0 Å². The number of halogens is 3. The molecule has 0 heterocycles. The van der Waals surface area contributed by atoms with Gasteiger partial charge in [-0.2, -0.15) is 0 Å². The van der Waals surface area contributed by atoms with E-state index in [1.165, 1.54) is 0 Å². The van der Waals surface area contributed by atoms with Crippen molar-refractivity contribution >= 4 is 68.7 Å². The summed E-state index contributed by atoms with van der Waals surface area (Å²) in [5, 5.41) is 0. The van der Waals surface area contributed by atoms with E-state index in [4.69, 9.17) is 0 Å². The molecule has 0 rings (SSSR count). The molecule has 0 bridgehead atoms. The lowest BCUT2D eigenvalue weighted by Gasteiger charge is -0.148. The van der Waals surface area contributed by atoms with Crippen LogP contribution in [0.5, 0.6) is 0 Å². The molecule has 0 aliphatic carbocycles. The molecule has 0 aliphatic heterocycles. The van der Waals surface area contributed by atoms with Crippen LogP contribution >= 0.6 is 37.2 Å². The first-order valence-electron chi connectivity index (χ1n) is 0. The molecule has 0 saturated carbocycles. The Morgan fingerprint density at radius 1 is 0.600 bits per heavy atom. The van der Waals surface area contributed by atoms with E-state index in [9.17, 15) is 0 Å². The maximum atomic E-state index is 0. The van der Waals surface area contributed by atoms with Gasteiger partial charge in [0.2, 0.25) is 0 Å². The van der Waals surface area contributed by atoms with Crippen molar-refractivity contribution in [2.45, 2.75) is 0 Å². The summed E-state index contributed by atoms with van der Waals surface area (Å²) in [4.78, 5) is 0. The fourth-order valence-electron chi connectivity index (χ4n) is 0. The van der Waals surface area contributed by atoms with Crippen LogP contribution in [0.15, 0.2) is 0 Å². The quantitative estimate of drug-likeness (QED) is 0.395. The zero-order chi connectivity index (χ0) is 0. The number of hydrogen-bond donors (Lipinski definition) is 0. The second kappa shape index (κ2) is 43.5. The molecule has 0 radical (unpaired) electrons. The van der Waals surface area contributed by atoms with Gasteiger partial charge in [0.25, 0.3) is 0 Å². The summed E-state index contributed by atoms with van der Waals surface area (Å²) in [6, 6.07) is 0. The maximum Gasteiger partial charge on any atom is 0.316 e. The van der Waals surface area contributed by atoms with Crippen LogP contribution < -0.4 is 0 Å². The topological polar surface area (TPSA) is 0 Å². The molecule has 0 fully saturated rings. The molecular formula is H8BCl3Mg. The van der Waals surface area contributed by atoms with E-state index in [0.29, 0.717) is 0 Å². The average molecular weight is 150 g/mol. The molecule has 0 amide bonds. The fraction of sp³-hybridized carbons (Fsp3) is 0. The minimum Gasteiger partial charge on any atom is -0.147 e. The second-order valence-corrected chi connectivity index (χ2v) is 0. The molecule has 0 aromatic rings. The first-order chi connectivity index (χ1) is 0. The summed E-state index contributed by atoms with van der Waals surface area (Å²) in [5.74, 6) is 0. The molecule has 0 nitrogen and oxygen atoms in total. The highest BCUT2D eigenvalue weighted by Crippen LogP contribution is 0.692. The Bertz CT molecular complexity index is 6.85. The highest BCUT2D eigenvalue weighted by Gasteiger charge is 0.316. The Labute approximate surface area is 68.4 Å². The van der Waals surface area contributed by atoms with Crippen LogP contribution in [0.3, 0.4) is 0 Å². The summed E-state index contributed by atoms with van der Waals surface area (Å²) in [6.45, 7) is 0. The average Bonchev–Trinajstić information content (AvgIpc) is 0. The Hall–Kier alpha value is 1.70. The molecule has 0 spiro atoms. The highest BCUT2D eigenvalue weighted by molar-refractivity contribution is 5.86. The summed E-state index contributed by atoms with van der Waals surface area (Å²) in [7, 11) is 0. The molecule has 0 aliphatic rings. The van der Waals surface area contributed by atoms with Crippen molar-refractivity contribution in [2.75, 3.05) is 0 Å². The molecule has 0 aromatic carbocycles. The monoisotopic (exact) mass is 148 g/mol. The van der Waals surface area contributed by atoms with Gasteiger partial charge in [0.1, 0.15) is 0 Å². The maximum absolute atomic E-state index is 0.